The van der Waals surface area contributed by atoms with Crippen LogP contribution in [0.15, 0.2) is 11.8 Å². The van der Waals surface area contributed by atoms with Gasteiger partial charge in [0.25, 0.3) is 19.5 Å². The minimum Gasteiger partial charge on any atom is -0.546 e. The Balaban J connectivity index is 7.38. The van der Waals surface area contributed by atoms with E-state index in [2.05, 4.69) is 9.47 Å². The van der Waals surface area contributed by atoms with Crippen LogP contribution in [0.4, 0.5) is 26.3 Å². The molecule has 7 nitrogen and oxygen atoms in total. The molecular weight excluding hydrogens is 518 g/mol. The van der Waals surface area contributed by atoms with Gasteiger partial charge in [0, 0.05) is 6.08 Å². The predicted molar refractivity (Wildman–Crippen MR) is 120 cm³/mol. The molecule has 0 saturated carbocycles. The van der Waals surface area contributed by atoms with Gasteiger partial charge in [-0.05, 0) is 30.5 Å². The van der Waals surface area contributed by atoms with Gasteiger partial charge < -0.3 is 24.1 Å². The second kappa shape index (κ2) is 12.2. The fourth-order valence-corrected chi connectivity index (χ4v) is 9.51. The van der Waals surface area contributed by atoms with Gasteiger partial charge >= 0.3 is 24.3 Å². The van der Waals surface area contributed by atoms with Crippen molar-refractivity contribution in [3.63, 3.8) is 0 Å². The quantitative estimate of drug-likeness (QED) is 0.149. The number of carbonyl (C=O) groups excluding carboxylic acids is 2. The monoisotopic (exact) mass is 554 g/mol. The number of halogens is 6. The van der Waals surface area contributed by atoms with Crippen LogP contribution >= 0.6 is 0 Å². The van der Waals surface area contributed by atoms with Crippen molar-refractivity contribution in [2.24, 2.45) is 0 Å². The Bertz CT molecular complexity index is 773. The van der Waals surface area contributed by atoms with Crippen molar-refractivity contribution in [2.45, 2.75) is 102 Å². The zero-order valence-corrected chi connectivity index (χ0v) is 22.6. The number of esters is 2. The van der Waals surface area contributed by atoms with Gasteiger partial charge in [-0.25, -0.2) is 9.59 Å². The number of hydrogen-bond acceptors (Lipinski definition) is 7. The molecule has 2 N–H and O–H groups in total. The second-order valence-electron chi connectivity index (χ2n) is 9.27. The van der Waals surface area contributed by atoms with Crippen molar-refractivity contribution in [3.8, 4) is 0 Å². The van der Waals surface area contributed by atoms with Gasteiger partial charge in [-0.15, -0.1) is 0 Å². The van der Waals surface area contributed by atoms with E-state index in [4.69, 9.17) is 4.43 Å². The molecule has 0 heterocycles. The normalized spacial score (nSPS) is 17.1. The Morgan fingerprint density at radius 3 is 1.47 bits per heavy atom. The van der Waals surface area contributed by atoms with Crippen LogP contribution in [0.5, 0.6) is 0 Å². The molecule has 0 radical (unpaired) electrons. The maximum Gasteiger partial charge on any atom is 0.432 e. The highest BCUT2D eigenvalue weighted by Gasteiger charge is 2.64. The number of ether oxygens (including phenoxy) is 2. The third-order valence-corrected chi connectivity index (χ3v) is 11.9. The Morgan fingerprint density at radius 2 is 1.17 bits per heavy atom. The molecule has 0 aromatic heterocycles. The number of rotatable bonds is 12. The third-order valence-electron chi connectivity index (χ3n) is 5.92. The van der Waals surface area contributed by atoms with Crippen molar-refractivity contribution >= 4 is 20.3 Å². The molecule has 36 heavy (non-hydrogen) atoms. The van der Waals surface area contributed by atoms with Gasteiger partial charge in [-0.3, -0.25) is 0 Å². The fourth-order valence-electron chi connectivity index (χ4n) is 4.22. The molecule has 212 valence electrons. The zero-order valence-electron chi connectivity index (χ0n) is 21.6. The lowest BCUT2D eigenvalue weighted by Gasteiger charge is -2.44. The van der Waals surface area contributed by atoms with Gasteiger partial charge in [-0.2, -0.15) is 26.3 Å². The number of alkyl halides is 6. The lowest BCUT2D eigenvalue weighted by Crippen LogP contribution is -2.56. The summed E-state index contributed by atoms with van der Waals surface area (Å²) in [5, 5.41) is 20.7. The summed E-state index contributed by atoms with van der Waals surface area (Å²) < 4.78 is 97.9. The molecule has 0 aromatic rings. The maximum absolute atomic E-state index is 13.9. The van der Waals surface area contributed by atoms with Gasteiger partial charge in [0.1, 0.15) is 0 Å². The van der Waals surface area contributed by atoms with E-state index in [0.717, 1.165) is 6.92 Å². The van der Waals surface area contributed by atoms with Crippen molar-refractivity contribution in [1.29, 1.82) is 0 Å². The average Bonchev–Trinajstić information content (AvgIpc) is 2.69. The lowest BCUT2D eigenvalue weighted by atomic mass is 9.94. The van der Waals surface area contributed by atoms with E-state index in [9.17, 15) is 46.1 Å². The van der Waals surface area contributed by atoms with Crippen molar-refractivity contribution in [3.05, 3.63) is 11.8 Å². The summed E-state index contributed by atoms with van der Waals surface area (Å²) in [7, 11) is -3.34. The first kappa shape index (κ1) is 34.2. The summed E-state index contributed by atoms with van der Waals surface area (Å²) in [4.78, 5) is 24.3. The minimum atomic E-state index is -5.74. The standard InChI is InChI=1S/C22H36F6O7Si/c1-9-33-17(29)19(31,21(23,24)25)11-16(35-36(13(3)4,14(5)6)15(7)8)12-20(32,22(26,27)28)18(30)34-10-2/h11,13-15,31-32H,9-10,12H2,1-8H3/b16-11+. The van der Waals surface area contributed by atoms with Crippen LogP contribution in [-0.2, 0) is 23.5 Å². The van der Waals surface area contributed by atoms with E-state index in [1.165, 1.54) is 6.92 Å². The molecule has 0 fully saturated rings. The van der Waals surface area contributed by atoms with Crippen molar-refractivity contribution in [2.75, 3.05) is 13.2 Å². The molecule has 2 unspecified atom stereocenters. The summed E-state index contributed by atoms with van der Waals surface area (Å²) in [6.45, 7) is 11.2. The van der Waals surface area contributed by atoms with E-state index in [0.29, 0.717) is 0 Å². The number of aliphatic hydroxyl groups is 2. The Labute approximate surface area is 207 Å². The minimum absolute atomic E-state index is 0.254. The van der Waals surface area contributed by atoms with Gasteiger partial charge in [-0.1, -0.05) is 41.5 Å². The molecule has 0 saturated heterocycles. The van der Waals surface area contributed by atoms with E-state index in [1.807, 2.05) is 0 Å². The SMILES string of the molecule is CCOC(=O)C(O)(/C=C(\CC(O)(C(=O)OCC)C(F)(F)F)O[Si](C(C)C)(C(C)C)C(C)C)C(F)(F)F. The third kappa shape index (κ3) is 6.94. The largest absolute Gasteiger partial charge is 0.546 e. The van der Waals surface area contributed by atoms with Crippen LogP contribution in [-0.4, -0.2) is 67.2 Å². The molecule has 0 rings (SSSR count). The van der Waals surface area contributed by atoms with E-state index >= 15 is 0 Å². The van der Waals surface area contributed by atoms with E-state index < -0.39 is 69.2 Å². The first-order chi connectivity index (χ1) is 16.1. The van der Waals surface area contributed by atoms with Crippen molar-refractivity contribution in [1.82, 2.24) is 0 Å². The van der Waals surface area contributed by atoms with Crippen LogP contribution in [0.1, 0.15) is 61.8 Å². The number of hydrogen-bond donors (Lipinski definition) is 2. The van der Waals surface area contributed by atoms with Crippen LogP contribution in [0.3, 0.4) is 0 Å². The summed E-state index contributed by atoms with van der Waals surface area (Å²) >= 11 is 0. The smallest absolute Gasteiger partial charge is 0.432 e. The van der Waals surface area contributed by atoms with E-state index in [1.54, 1.807) is 41.5 Å². The van der Waals surface area contributed by atoms with Crippen LogP contribution in [0.2, 0.25) is 16.6 Å². The summed E-state index contributed by atoms with van der Waals surface area (Å²) in [5.41, 5.74) is -9.91. The first-order valence-electron chi connectivity index (χ1n) is 11.4. The molecule has 0 aromatic carbocycles. The Kier molecular flexibility index (Phi) is 11.6. The molecule has 14 heteroatoms. The topological polar surface area (TPSA) is 102 Å². The summed E-state index contributed by atoms with van der Waals surface area (Å²) in [6, 6.07) is 0. The van der Waals surface area contributed by atoms with Gasteiger partial charge in [0.2, 0.25) is 0 Å². The molecule has 0 amide bonds. The lowest BCUT2D eigenvalue weighted by molar-refractivity contribution is -0.263. The highest BCUT2D eigenvalue weighted by Crippen LogP contribution is 2.47. The van der Waals surface area contributed by atoms with Crippen LogP contribution in [0, 0.1) is 0 Å². The van der Waals surface area contributed by atoms with Crippen LogP contribution < -0.4 is 0 Å². The van der Waals surface area contributed by atoms with E-state index in [-0.39, 0.29) is 22.7 Å². The molecular formula is C22H36F6O7Si. The van der Waals surface area contributed by atoms with Crippen LogP contribution in [0.25, 0.3) is 0 Å². The highest BCUT2D eigenvalue weighted by molar-refractivity contribution is 6.77. The van der Waals surface area contributed by atoms with Gasteiger partial charge in [0.05, 0.1) is 25.4 Å². The Hall–Kier alpha value is -1.80. The summed E-state index contributed by atoms with van der Waals surface area (Å²) in [5.74, 6) is -5.63. The number of carbonyl (C=O) groups is 2. The fraction of sp³-hybridized carbons (Fsp3) is 0.818. The molecule has 2 atom stereocenters. The molecule has 0 aliphatic carbocycles. The Morgan fingerprint density at radius 1 is 0.778 bits per heavy atom. The predicted octanol–water partition coefficient (Wildman–Crippen LogP) is 5.17. The highest BCUT2D eigenvalue weighted by atomic mass is 28.4. The molecule has 0 bridgehead atoms. The summed E-state index contributed by atoms with van der Waals surface area (Å²) in [6.07, 6.45) is -13.6. The maximum atomic E-state index is 13.9. The molecule has 0 aliphatic heterocycles. The molecule has 0 spiro atoms. The first-order valence-corrected chi connectivity index (χ1v) is 13.6. The zero-order chi connectivity index (χ0) is 28.9. The molecule has 0 aliphatic rings. The van der Waals surface area contributed by atoms with Crippen molar-refractivity contribution < 1.29 is 60.0 Å². The van der Waals surface area contributed by atoms with Gasteiger partial charge in [0.15, 0.2) is 0 Å². The second-order valence-corrected chi connectivity index (χ2v) is 14.6. The average molecular weight is 555 g/mol.